The molecule has 0 N–H and O–H groups in total. The SMILES string of the molecule is CN1C(=O)[C@H](c2ccccc2)CC12CCN(Cc1ccc(F)cc1F)CC2. The average Bonchev–Trinajstić information content (AvgIpc) is 2.92. The van der Waals surface area contributed by atoms with Gasteiger partial charge in [-0.15, -0.1) is 0 Å². The van der Waals surface area contributed by atoms with Crippen molar-refractivity contribution in [1.82, 2.24) is 9.80 Å². The summed E-state index contributed by atoms with van der Waals surface area (Å²) in [5.41, 5.74) is 1.49. The largest absolute Gasteiger partial charge is 0.339 e. The fraction of sp³-hybridized carbons (Fsp3) is 0.409. The first-order valence-corrected chi connectivity index (χ1v) is 9.47. The van der Waals surface area contributed by atoms with Crippen LogP contribution in [0.4, 0.5) is 8.78 Å². The minimum Gasteiger partial charge on any atom is -0.339 e. The minimum absolute atomic E-state index is 0.0720. The van der Waals surface area contributed by atoms with Gasteiger partial charge in [-0.05, 0) is 30.9 Å². The molecule has 0 aliphatic carbocycles. The van der Waals surface area contributed by atoms with Gasteiger partial charge in [0.2, 0.25) is 5.91 Å². The molecule has 1 atom stereocenters. The van der Waals surface area contributed by atoms with Gasteiger partial charge in [0.25, 0.3) is 0 Å². The summed E-state index contributed by atoms with van der Waals surface area (Å²) in [4.78, 5) is 17.0. The van der Waals surface area contributed by atoms with Gasteiger partial charge in [0.1, 0.15) is 11.6 Å². The number of rotatable bonds is 3. The van der Waals surface area contributed by atoms with Crippen LogP contribution in [0.25, 0.3) is 0 Å². The Balaban J connectivity index is 1.44. The lowest BCUT2D eigenvalue weighted by Crippen LogP contribution is -2.51. The van der Waals surface area contributed by atoms with Crippen LogP contribution in [0.1, 0.15) is 36.3 Å². The first-order chi connectivity index (χ1) is 13.0. The second-order valence-electron chi connectivity index (χ2n) is 7.80. The van der Waals surface area contributed by atoms with E-state index in [0.717, 1.165) is 44.0 Å². The molecule has 4 rings (SSSR count). The van der Waals surface area contributed by atoms with Crippen molar-refractivity contribution in [2.75, 3.05) is 20.1 Å². The van der Waals surface area contributed by atoms with Crippen LogP contribution in [-0.4, -0.2) is 41.4 Å². The molecule has 0 unspecified atom stereocenters. The Labute approximate surface area is 158 Å². The minimum atomic E-state index is -0.549. The Morgan fingerprint density at radius 1 is 1.07 bits per heavy atom. The summed E-state index contributed by atoms with van der Waals surface area (Å²) in [6.45, 7) is 2.08. The van der Waals surface area contributed by atoms with Crippen molar-refractivity contribution in [3.63, 3.8) is 0 Å². The van der Waals surface area contributed by atoms with E-state index in [-0.39, 0.29) is 17.4 Å². The van der Waals surface area contributed by atoms with Crippen molar-refractivity contribution in [2.45, 2.75) is 37.3 Å². The third-order valence-corrected chi connectivity index (χ3v) is 6.32. The lowest BCUT2D eigenvalue weighted by molar-refractivity contribution is -0.131. The second-order valence-corrected chi connectivity index (χ2v) is 7.80. The highest BCUT2D eigenvalue weighted by atomic mass is 19.1. The highest BCUT2D eigenvalue weighted by Crippen LogP contribution is 2.45. The molecule has 142 valence electrons. The predicted octanol–water partition coefficient (Wildman–Crippen LogP) is 3.95. The quantitative estimate of drug-likeness (QED) is 0.817. The number of hydrogen-bond acceptors (Lipinski definition) is 2. The van der Waals surface area contributed by atoms with Crippen LogP contribution in [0.5, 0.6) is 0 Å². The van der Waals surface area contributed by atoms with E-state index in [1.54, 1.807) is 0 Å². The van der Waals surface area contributed by atoms with Gasteiger partial charge in [-0.3, -0.25) is 9.69 Å². The monoisotopic (exact) mass is 370 g/mol. The molecule has 2 aliphatic heterocycles. The Kier molecular flexibility index (Phi) is 4.72. The summed E-state index contributed by atoms with van der Waals surface area (Å²) >= 11 is 0. The van der Waals surface area contributed by atoms with Gasteiger partial charge in [0.15, 0.2) is 0 Å². The van der Waals surface area contributed by atoms with E-state index in [1.807, 2.05) is 42.3 Å². The van der Waals surface area contributed by atoms with Crippen LogP contribution in [-0.2, 0) is 11.3 Å². The summed E-state index contributed by atoms with van der Waals surface area (Å²) in [6.07, 6.45) is 2.59. The van der Waals surface area contributed by atoms with Crippen LogP contribution in [0.2, 0.25) is 0 Å². The Bertz CT molecular complexity index is 831. The van der Waals surface area contributed by atoms with Crippen molar-refractivity contribution in [2.24, 2.45) is 0 Å². The van der Waals surface area contributed by atoms with Gasteiger partial charge < -0.3 is 4.90 Å². The molecule has 1 spiro atoms. The molecule has 5 heteroatoms. The number of nitrogens with zero attached hydrogens (tertiary/aromatic N) is 2. The fourth-order valence-corrected chi connectivity index (χ4v) is 4.58. The third kappa shape index (κ3) is 3.36. The molecule has 0 saturated carbocycles. The molecule has 2 aromatic rings. The molecule has 0 radical (unpaired) electrons. The zero-order valence-corrected chi connectivity index (χ0v) is 15.5. The first-order valence-electron chi connectivity index (χ1n) is 9.47. The molecule has 27 heavy (non-hydrogen) atoms. The molecule has 3 nitrogen and oxygen atoms in total. The summed E-state index contributed by atoms with van der Waals surface area (Å²) in [5.74, 6) is -0.920. The van der Waals surface area contributed by atoms with E-state index in [9.17, 15) is 13.6 Å². The smallest absolute Gasteiger partial charge is 0.230 e. The Hall–Kier alpha value is -2.27. The molecule has 2 heterocycles. The van der Waals surface area contributed by atoms with Crippen molar-refractivity contribution >= 4 is 5.91 Å². The number of hydrogen-bond donors (Lipinski definition) is 0. The normalized spacial score (nSPS) is 22.6. The Morgan fingerprint density at radius 3 is 2.44 bits per heavy atom. The number of piperidine rings is 1. The van der Waals surface area contributed by atoms with Gasteiger partial charge in [-0.2, -0.15) is 0 Å². The van der Waals surface area contributed by atoms with Gasteiger partial charge in [-0.25, -0.2) is 8.78 Å². The van der Waals surface area contributed by atoms with Crippen molar-refractivity contribution in [3.05, 3.63) is 71.3 Å². The maximum atomic E-state index is 13.9. The molecule has 0 bridgehead atoms. The molecule has 2 fully saturated rings. The van der Waals surface area contributed by atoms with E-state index in [0.29, 0.717) is 12.1 Å². The topological polar surface area (TPSA) is 23.6 Å². The lowest BCUT2D eigenvalue weighted by atomic mass is 9.81. The molecule has 1 amide bonds. The van der Waals surface area contributed by atoms with E-state index in [1.165, 1.54) is 12.1 Å². The van der Waals surface area contributed by atoms with Crippen molar-refractivity contribution in [3.8, 4) is 0 Å². The third-order valence-electron chi connectivity index (χ3n) is 6.32. The number of likely N-dealkylation sites (N-methyl/N-ethyl adjacent to an activating group) is 1. The number of carbonyl (C=O) groups excluding carboxylic acids is 1. The van der Waals surface area contributed by atoms with Gasteiger partial charge >= 0.3 is 0 Å². The van der Waals surface area contributed by atoms with Crippen LogP contribution in [0.3, 0.4) is 0 Å². The maximum absolute atomic E-state index is 13.9. The van der Waals surface area contributed by atoms with E-state index in [2.05, 4.69) is 4.90 Å². The van der Waals surface area contributed by atoms with E-state index >= 15 is 0 Å². The molecular formula is C22H24F2N2O. The Morgan fingerprint density at radius 2 is 1.78 bits per heavy atom. The van der Waals surface area contributed by atoms with Crippen molar-refractivity contribution in [1.29, 1.82) is 0 Å². The molecule has 0 aromatic heterocycles. The fourth-order valence-electron chi connectivity index (χ4n) is 4.58. The summed E-state index contributed by atoms with van der Waals surface area (Å²) in [7, 11) is 1.92. The number of likely N-dealkylation sites (tertiary alicyclic amines) is 2. The number of benzene rings is 2. The number of carbonyl (C=O) groups is 1. The highest BCUT2D eigenvalue weighted by molar-refractivity contribution is 5.87. The number of halogens is 2. The molecular weight excluding hydrogens is 346 g/mol. The standard InChI is InChI=1S/C22H24F2N2O/c1-25-21(27)19(16-5-3-2-4-6-16)14-22(25)9-11-26(12-10-22)15-17-7-8-18(23)13-20(17)24/h2-8,13,19H,9-12,14-15H2,1H3/t19-/m0/s1. The van der Waals surface area contributed by atoms with Gasteiger partial charge in [0, 0.05) is 43.9 Å². The zero-order valence-electron chi connectivity index (χ0n) is 15.5. The lowest BCUT2D eigenvalue weighted by Gasteiger charge is -2.43. The summed E-state index contributed by atoms with van der Waals surface area (Å²) in [5, 5.41) is 0. The van der Waals surface area contributed by atoms with E-state index in [4.69, 9.17) is 0 Å². The highest BCUT2D eigenvalue weighted by Gasteiger charge is 2.50. The first kappa shape index (κ1) is 18.1. The van der Waals surface area contributed by atoms with Gasteiger partial charge in [0.05, 0.1) is 5.92 Å². The zero-order chi connectivity index (χ0) is 19.0. The predicted molar refractivity (Wildman–Crippen MR) is 100 cm³/mol. The van der Waals surface area contributed by atoms with Crippen LogP contribution >= 0.6 is 0 Å². The van der Waals surface area contributed by atoms with Crippen molar-refractivity contribution < 1.29 is 13.6 Å². The molecule has 2 aromatic carbocycles. The van der Waals surface area contributed by atoms with Crippen LogP contribution in [0.15, 0.2) is 48.5 Å². The second kappa shape index (κ2) is 7.04. The summed E-state index contributed by atoms with van der Waals surface area (Å²) < 4.78 is 27.0. The summed E-state index contributed by atoms with van der Waals surface area (Å²) in [6, 6.07) is 13.7. The molecule has 2 saturated heterocycles. The maximum Gasteiger partial charge on any atom is 0.230 e. The van der Waals surface area contributed by atoms with Crippen LogP contribution < -0.4 is 0 Å². The van der Waals surface area contributed by atoms with Crippen LogP contribution in [0, 0.1) is 11.6 Å². The average molecular weight is 370 g/mol. The number of amides is 1. The molecule has 2 aliphatic rings. The van der Waals surface area contributed by atoms with Gasteiger partial charge in [-0.1, -0.05) is 36.4 Å². The van der Waals surface area contributed by atoms with E-state index < -0.39 is 11.6 Å².